The van der Waals surface area contributed by atoms with Crippen LogP contribution in [0.25, 0.3) is 0 Å². The largest absolute Gasteiger partial charge is 0.474 e. The number of piperidine rings is 1. The zero-order valence-corrected chi connectivity index (χ0v) is 13.5. The van der Waals surface area contributed by atoms with Gasteiger partial charge < -0.3 is 20.1 Å². The van der Waals surface area contributed by atoms with Gasteiger partial charge in [0.1, 0.15) is 6.10 Å². The standard InChI is InChI=1S/C16H23N3O4/c1-11(2)10-22-16(21)19-7-4-13(5-8-19)23-14-9-12(15(17)20)3-6-18-14/h3,6,9,11,13H,4-5,7-8,10H2,1-2H3,(H2,17,20). The molecule has 0 aliphatic carbocycles. The molecule has 126 valence electrons. The second kappa shape index (κ2) is 7.80. The fourth-order valence-corrected chi connectivity index (χ4v) is 2.28. The Hall–Kier alpha value is -2.31. The van der Waals surface area contributed by atoms with E-state index in [1.165, 1.54) is 12.3 Å². The van der Waals surface area contributed by atoms with E-state index in [0.717, 1.165) is 0 Å². The lowest BCUT2D eigenvalue weighted by Gasteiger charge is -2.31. The highest BCUT2D eigenvalue weighted by Crippen LogP contribution is 2.18. The molecule has 2 amide bonds. The molecule has 23 heavy (non-hydrogen) atoms. The van der Waals surface area contributed by atoms with Crippen LogP contribution < -0.4 is 10.5 Å². The molecule has 2 N–H and O–H groups in total. The molecule has 1 fully saturated rings. The molecular weight excluding hydrogens is 298 g/mol. The molecule has 0 atom stereocenters. The minimum absolute atomic E-state index is 0.0419. The number of hydrogen-bond donors (Lipinski definition) is 1. The number of ether oxygens (including phenoxy) is 2. The summed E-state index contributed by atoms with van der Waals surface area (Å²) >= 11 is 0. The summed E-state index contributed by atoms with van der Waals surface area (Å²) in [6, 6.07) is 3.08. The van der Waals surface area contributed by atoms with Gasteiger partial charge in [-0.3, -0.25) is 4.79 Å². The van der Waals surface area contributed by atoms with E-state index in [2.05, 4.69) is 4.98 Å². The second-order valence-electron chi connectivity index (χ2n) is 6.02. The number of rotatable bonds is 5. The lowest BCUT2D eigenvalue weighted by Crippen LogP contribution is -2.42. The Balaban J connectivity index is 1.81. The fraction of sp³-hybridized carbons (Fsp3) is 0.562. The quantitative estimate of drug-likeness (QED) is 0.892. The van der Waals surface area contributed by atoms with E-state index >= 15 is 0 Å². The predicted molar refractivity (Wildman–Crippen MR) is 84.2 cm³/mol. The third-order valence-corrected chi connectivity index (χ3v) is 3.55. The van der Waals surface area contributed by atoms with Gasteiger partial charge in [-0.2, -0.15) is 0 Å². The van der Waals surface area contributed by atoms with Gasteiger partial charge in [-0.15, -0.1) is 0 Å². The van der Waals surface area contributed by atoms with Crippen molar-refractivity contribution in [2.75, 3.05) is 19.7 Å². The molecule has 0 bridgehead atoms. The van der Waals surface area contributed by atoms with Crippen LogP contribution >= 0.6 is 0 Å². The number of likely N-dealkylation sites (tertiary alicyclic amines) is 1. The van der Waals surface area contributed by atoms with Gasteiger partial charge in [0.25, 0.3) is 0 Å². The third kappa shape index (κ3) is 5.12. The molecule has 0 aromatic carbocycles. The molecule has 2 heterocycles. The Morgan fingerprint density at radius 2 is 2.09 bits per heavy atom. The predicted octanol–water partition coefficient (Wildman–Crippen LogP) is 1.82. The SMILES string of the molecule is CC(C)COC(=O)N1CCC(Oc2cc(C(N)=O)ccn2)CC1. The first kappa shape index (κ1) is 17.1. The first-order chi connectivity index (χ1) is 11.0. The van der Waals surface area contributed by atoms with Gasteiger partial charge in [0.05, 0.1) is 6.61 Å². The zero-order chi connectivity index (χ0) is 16.8. The number of carbonyl (C=O) groups excluding carboxylic acids is 2. The van der Waals surface area contributed by atoms with E-state index in [-0.39, 0.29) is 12.2 Å². The molecule has 7 nitrogen and oxygen atoms in total. The molecule has 1 aromatic rings. The van der Waals surface area contributed by atoms with Crippen LogP contribution in [0.3, 0.4) is 0 Å². The molecule has 1 saturated heterocycles. The summed E-state index contributed by atoms with van der Waals surface area (Å²) in [6.07, 6.45) is 2.57. The number of aromatic nitrogens is 1. The van der Waals surface area contributed by atoms with Gasteiger partial charge in [0.2, 0.25) is 11.8 Å². The Bertz CT molecular complexity index is 554. The number of primary amides is 1. The van der Waals surface area contributed by atoms with Gasteiger partial charge in [-0.1, -0.05) is 13.8 Å². The number of carbonyl (C=O) groups is 2. The van der Waals surface area contributed by atoms with Gasteiger partial charge in [-0.25, -0.2) is 9.78 Å². The van der Waals surface area contributed by atoms with Crippen molar-refractivity contribution in [2.24, 2.45) is 11.7 Å². The fourth-order valence-electron chi connectivity index (χ4n) is 2.28. The molecule has 0 saturated carbocycles. The maximum Gasteiger partial charge on any atom is 0.409 e. The summed E-state index contributed by atoms with van der Waals surface area (Å²) in [6.45, 7) is 5.59. The summed E-state index contributed by atoms with van der Waals surface area (Å²) in [5.41, 5.74) is 5.60. The maximum absolute atomic E-state index is 11.9. The maximum atomic E-state index is 11.9. The normalized spacial score (nSPS) is 15.5. The Labute approximate surface area is 135 Å². The first-order valence-corrected chi connectivity index (χ1v) is 7.80. The van der Waals surface area contributed by atoms with E-state index in [1.807, 2.05) is 13.8 Å². The van der Waals surface area contributed by atoms with Crippen LogP contribution in [-0.4, -0.2) is 47.7 Å². The monoisotopic (exact) mass is 321 g/mol. The summed E-state index contributed by atoms with van der Waals surface area (Å²) in [7, 11) is 0. The molecular formula is C16H23N3O4. The number of amides is 2. The summed E-state index contributed by atoms with van der Waals surface area (Å²) in [5.74, 6) is 0.186. The van der Waals surface area contributed by atoms with Gasteiger partial charge in [0.15, 0.2) is 0 Å². The molecule has 7 heteroatoms. The van der Waals surface area contributed by atoms with Crippen LogP contribution in [0.5, 0.6) is 5.88 Å². The smallest absolute Gasteiger partial charge is 0.409 e. The van der Waals surface area contributed by atoms with Crippen LogP contribution in [0.4, 0.5) is 4.79 Å². The van der Waals surface area contributed by atoms with Crippen LogP contribution in [0, 0.1) is 5.92 Å². The van der Waals surface area contributed by atoms with E-state index < -0.39 is 5.91 Å². The van der Waals surface area contributed by atoms with Crippen LogP contribution in [-0.2, 0) is 4.74 Å². The third-order valence-electron chi connectivity index (χ3n) is 3.55. The average Bonchev–Trinajstić information content (AvgIpc) is 2.53. The molecule has 0 unspecified atom stereocenters. The number of pyridine rings is 1. The summed E-state index contributed by atoms with van der Waals surface area (Å²) < 4.78 is 11.0. The van der Waals surface area contributed by atoms with Crippen molar-refractivity contribution in [1.82, 2.24) is 9.88 Å². The zero-order valence-electron chi connectivity index (χ0n) is 13.5. The van der Waals surface area contributed by atoms with Crippen LogP contribution in [0.2, 0.25) is 0 Å². The highest BCUT2D eigenvalue weighted by atomic mass is 16.6. The van der Waals surface area contributed by atoms with E-state index in [9.17, 15) is 9.59 Å². The highest BCUT2D eigenvalue weighted by Gasteiger charge is 2.25. The van der Waals surface area contributed by atoms with Gasteiger partial charge in [-0.05, 0) is 12.0 Å². The number of nitrogens with zero attached hydrogens (tertiary/aromatic N) is 2. The minimum atomic E-state index is -0.514. The lowest BCUT2D eigenvalue weighted by molar-refractivity contribution is 0.0605. The molecule has 0 spiro atoms. The van der Waals surface area contributed by atoms with Crippen molar-refractivity contribution in [3.63, 3.8) is 0 Å². The summed E-state index contributed by atoms with van der Waals surface area (Å²) in [4.78, 5) is 28.8. The number of hydrogen-bond acceptors (Lipinski definition) is 5. The summed E-state index contributed by atoms with van der Waals surface area (Å²) in [5, 5.41) is 0. The molecule has 0 radical (unpaired) electrons. The Kier molecular flexibility index (Phi) is 5.78. The number of nitrogens with two attached hydrogens (primary N) is 1. The topological polar surface area (TPSA) is 94.7 Å². The van der Waals surface area contributed by atoms with Crippen molar-refractivity contribution in [3.05, 3.63) is 23.9 Å². The molecule has 1 aromatic heterocycles. The van der Waals surface area contributed by atoms with E-state index in [0.29, 0.717) is 49.9 Å². The van der Waals surface area contributed by atoms with E-state index in [4.69, 9.17) is 15.2 Å². The van der Waals surface area contributed by atoms with Crippen molar-refractivity contribution < 1.29 is 19.1 Å². The highest BCUT2D eigenvalue weighted by molar-refractivity contribution is 5.92. The van der Waals surface area contributed by atoms with Crippen molar-refractivity contribution in [2.45, 2.75) is 32.8 Å². The molecule has 1 aliphatic rings. The average molecular weight is 321 g/mol. The van der Waals surface area contributed by atoms with Crippen molar-refractivity contribution in [3.8, 4) is 5.88 Å². The van der Waals surface area contributed by atoms with Crippen LogP contribution in [0.1, 0.15) is 37.0 Å². The molecule has 2 rings (SSSR count). The lowest BCUT2D eigenvalue weighted by atomic mass is 10.1. The molecule has 1 aliphatic heterocycles. The van der Waals surface area contributed by atoms with Gasteiger partial charge >= 0.3 is 6.09 Å². The minimum Gasteiger partial charge on any atom is -0.474 e. The van der Waals surface area contributed by atoms with E-state index in [1.54, 1.807) is 11.0 Å². The first-order valence-electron chi connectivity index (χ1n) is 7.80. The second-order valence-corrected chi connectivity index (χ2v) is 6.02. The Morgan fingerprint density at radius 3 is 2.70 bits per heavy atom. The van der Waals surface area contributed by atoms with Crippen LogP contribution in [0.15, 0.2) is 18.3 Å². The van der Waals surface area contributed by atoms with Crippen molar-refractivity contribution in [1.29, 1.82) is 0 Å². The van der Waals surface area contributed by atoms with Gasteiger partial charge in [0, 0.05) is 43.8 Å². The Morgan fingerprint density at radius 1 is 1.39 bits per heavy atom. The van der Waals surface area contributed by atoms with Crippen molar-refractivity contribution >= 4 is 12.0 Å².